The fourth-order valence-electron chi connectivity index (χ4n) is 2.23. The number of esters is 1. The summed E-state index contributed by atoms with van der Waals surface area (Å²) < 4.78 is 4.76. The van der Waals surface area contributed by atoms with Gasteiger partial charge in [0.15, 0.2) is 0 Å². The van der Waals surface area contributed by atoms with Gasteiger partial charge in [-0.25, -0.2) is 0 Å². The Morgan fingerprint density at radius 3 is 2.90 bits per heavy atom. The zero-order chi connectivity index (χ0) is 14.4. The first-order chi connectivity index (χ1) is 9.70. The van der Waals surface area contributed by atoms with E-state index in [1.54, 1.807) is 17.3 Å². The van der Waals surface area contributed by atoms with E-state index >= 15 is 0 Å². The van der Waals surface area contributed by atoms with Crippen molar-refractivity contribution in [2.24, 2.45) is 5.92 Å². The quantitative estimate of drug-likeness (QED) is 0.623. The summed E-state index contributed by atoms with van der Waals surface area (Å²) >= 11 is 1.49. The van der Waals surface area contributed by atoms with Crippen molar-refractivity contribution in [1.82, 2.24) is 9.88 Å². The topological polar surface area (TPSA) is 59.5 Å². The van der Waals surface area contributed by atoms with Gasteiger partial charge in [-0.15, -0.1) is 11.8 Å². The van der Waals surface area contributed by atoms with Crippen LogP contribution < -0.4 is 0 Å². The summed E-state index contributed by atoms with van der Waals surface area (Å²) in [7, 11) is 1.39. The Balaban J connectivity index is 1.84. The molecule has 1 saturated heterocycles. The van der Waals surface area contributed by atoms with Crippen molar-refractivity contribution in [3.05, 3.63) is 24.5 Å². The van der Waals surface area contributed by atoms with E-state index in [0.29, 0.717) is 12.3 Å². The maximum absolute atomic E-state index is 12.2. The molecule has 1 aliphatic rings. The Morgan fingerprint density at radius 2 is 2.20 bits per heavy atom. The number of methoxy groups -OCH3 is 1. The molecule has 1 atom stereocenters. The number of hydrogen-bond acceptors (Lipinski definition) is 5. The second kappa shape index (κ2) is 7.28. The van der Waals surface area contributed by atoms with Gasteiger partial charge in [0.1, 0.15) is 0 Å². The van der Waals surface area contributed by atoms with Gasteiger partial charge in [0, 0.05) is 30.4 Å². The molecule has 5 nitrogen and oxygen atoms in total. The van der Waals surface area contributed by atoms with Crippen LogP contribution in [0.4, 0.5) is 0 Å². The summed E-state index contributed by atoms with van der Waals surface area (Å²) in [6, 6.07) is 3.76. The van der Waals surface area contributed by atoms with Crippen LogP contribution in [-0.4, -0.2) is 47.7 Å². The second-order valence-electron chi connectivity index (χ2n) is 4.67. The zero-order valence-corrected chi connectivity index (χ0v) is 12.3. The molecule has 0 radical (unpaired) electrons. The third-order valence-electron chi connectivity index (χ3n) is 3.32. The molecule has 2 rings (SSSR count). The number of carbonyl (C=O) groups excluding carboxylic acids is 2. The van der Waals surface area contributed by atoms with Crippen LogP contribution in [0.25, 0.3) is 0 Å². The lowest BCUT2D eigenvalue weighted by atomic mass is 9.98. The van der Waals surface area contributed by atoms with Gasteiger partial charge in [-0.05, 0) is 25.0 Å². The number of hydrogen-bond donors (Lipinski definition) is 0. The molecule has 0 N–H and O–H groups in total. The molecule has 0 aliphatic carbocycles. The number of piperidine rings is 1. The van der Waals surface area contributed by atoms with Gasteiger partial charge < -0.3 is 9.64 Å². The van der Waals surface area contributed by atoms with Crippen LogP contribution in [0.15, 0.2) is 29.4 Å². The van der Waals surface area contributed by atoms with Crippen molar-refractivity contribution in [3.63, 3.8) is 0 Å². The minimum atomic E-state index is -0.218. The molecule has 0 saturated carbocycles. The molecule has 1 unspecified atom stereocenters. The number of ether oxygens (including phenoxy) is 1. The standard InChI is InChI=1S/C14H18N2O3S/c1-19-14(18)11-3-2-8-16(9-11)13(17)10-20-12-4-6-15-7-5-12/h4-7,11H,2-3,8-10H2,1H3. The molecule has 1 fully saturated rings. The number of thioether (sulfide) groups is 1. The largest absolute Gasteiger partial charge is 0.469 e. The third-order valence-corrected chi connectivity index (χ3v) is 4.32. The SMILES string of the molecule is COC(=O)C1CCCN(C(=O)CSc2ccncc2)C1. The predicted molar refractivity (Wildman–Crippen MR) is 76.3 cm³/mol. The zero-order valence-electron chi connectivity index (χ0n) is 11.4. The van der Waals surface area contributed by atoms with Gasteiger partial charge in [-0.2, -0.15) is 0 Å². The smallest absolute Gasteiger partial charge is 0.310 e. The first kappa shape index (κ1) is 14.8. The molecule has 108 valence electrons. The lowest BCUT2D eigenvalue weighted by molar-refractivity contribution is -0.148. The second-order valence-corrected chi connectivity index (χ2v) is 5.72. The average molecular weight is 294 g/mol. The van der Waals surface area contributed by atoms with Crippen LogP contribution in [0.2, 0.25) is 0 Å². The molecule has 2 heterocycles. The number of rotatable bonds is 4. The van der Waals surface area contributed by atoms with E-state index in [0.717, 1.165) is 24.3 Å². The van der Waals surface area contributed by atoms with Crippen LogP contribution in [-0.2, 0) is 14.3 Å². The maximum atomic E-state index is 12.2. The van der Waals surface area contributed by atoms with Gasteiger partial charge in [0.05, 0.1) is 18.8 Å². The van der Waals surface area contributed by atoms with Crippen LogP contribution >= 0.6 is 11.8 Å². The van der Waals surface area contributed by atoms with Crippen molar-refractivity contribution in [2.75, 3.05) is 26.0 Å². The molecular weight excluding hydrogens is 276 g/mol. The molecule has 1 aliphatic heterocycles. The number of likely N-dealkylation sites (tertiary alicyclic amines) is 1. The number of carbonyl (C=O) groups is 2. The van der Waals surface area contributed by atoms with Crippen LogP contribution in [0.3, 0.4) is 0 Å². The molecule has 0 spiro atoms. The van der Waals surface area contributed by atoms with Crippen LogP contribution in [0, 0.1) is 5.92 Å². The summed E-state index contributed by atoms with van der Waals surface area (Å²) in [6.45, 7) is 1.20. The normalized spacial score (nSPS) is 18.6. The van der Waals surface area contributed by atoms with E-state index < -0.39 is 0 Å². The fourth-order valence-corrected chi connectivity index (χ4v) is 3.02. The monoisotopic (exact) mass is 294 g/mol. The number of amides is 1. The Morgan fingerprint density at radius 1 is 1.45 bits per heavy atom. The lowest BCUT2D eigenvalue weighted by Crippen LogP contribution is -2.43. The van der Waals surface area contributed by atoms with E-state index in [1.807, 2.05) is 12.1 Å². The van der Waals surface area contributed by atoms with E-state index in [-0.39, 0.29) is 17.8 Å². The van der Waals surface area contributed by atoms with Crippen LogP contribution in [0.1, 0.15) is 12.8 Å². The highest BCUT2D eigenvalue weighted by Crippen LogP contribution is 2.21. The van der Waals surface area contributed by atoms with Crippen molar-refractivity contribution in [3.8, 4) is 0 Å². The van der Waals surface area contributed by atoms with E-state index in [1.165, 1.54) is 18.9 Å². The van der Waals surface area contributed by atoms with Gasteiger partial charge >= 0.3 is 5.97 Å². The van der Waals surface area contributed by atoms with Gasteiger partial charge in [-0.1, -0.05) is 0 Å². The molecule has 1 amide bonds. The summed E-state index contributed by atoms with van der Waals surface area (Å²) in [5.41, 5.74) is 0. The van der Waals surface area contributed by atoms with Gasteiger partial charge in [0.2, 0.25) is 5.91 Å². The molecule has 0 bridgehead atoms. The minimum absolute atomic E-state index is 0.0698. The summed E-state index contributed by atoms with van der Waals surface area (Å²) in [5.74, 6) is 0.0612. The fraction of sp³-hybridized carbons (Fsp3) is 0.500. The Kier molecular flexibility index (Phi) is 5.40. The van der Waals surface area contributed by atoms with Crippen molar-refractivity contribution in [2.45, 2.75) is 17.7 Å². The molecule has 1 aromatic rings. The first-order valence-corrected chi connectivity index (χ1v) is 7.57. The molecule has 0 aromatic carbocycles. The molecular formula is C14H18N2O3S. The predicted octanol–water partition coefficient (Wildman–Crippen LogP) is 1.59. The minimum Gasteiger partial charge on any atom is -0.469 e. The third kappa shape index (κ3) is 3.96. The Labute approximate surface area is 122 Å². The number of pyridine rings is 1. The van der Waals surface area contributed by atoms with E-state index in [2.05, 4.69) is 4.98 Å². The maximum Gasteiger partial charge on any atom is 0.310 e. The number of nitrogens with zero attached hydrogens (tertiary/aromatic N) is 2. The highest BCUT2D eigenvalue weighted by atomic mass is 32.2. The molecule has 1 aromatic heterocycles. The lowest BCUT2D eigenvalue weighted by Gasteiger charge is -2.31. The van der Waals surface area contributed by atoms with Gasteiger partial charge in [-0.3, -0.25) is 14.6 Å². The summed E-state index contributed by atoms with van der Waals surface area (Å²) in [5, 5.41) is 0. The van der Waals surface area contributed by atoms with E-state index in [4.69, 9.17) is 4.74 Å². The highest BCUT2D eigenvalue weighted by molar-refractivity contribution is 8.00. The van der Waals surface area contributed by atoms with Crippen molar-refractivity contribution >= 4 is 23.6 Å². The average Bonchev–Trinajstić information content (AvgIpc) is 2.53. The highest BCUT2D eigenvalue weighted by Gasteiger charge is 2.28. The Hall–Kier alpha value is -1.56. The van der Waals surface area contributed by atoms with Crippen molar-refractivity contribution < 1.29 is 14.3 Å². The summed E-state index contributed by atoms with van der Waals surface area (Å²) in [4.78, 5) is 30.4. The van der Waals surface area contributed by atoms with E-state index in [9.17, 15) is 9.59 Å². The number of aromatic nitrogens is 1. The Bertz CT molecular complexity index is 467. The van der Waals surface area contributed by atoms with Crippen molar-refractivity contribution in [1.29, 1.82) is 0 Å². The first-order valence-electron chi connectivity index (χ1n) is 6.59. The molecule has 6 heteroatoms. The van der Waals surface area contributed by atoms with Gasteiger partial charge in [0.25, 0.3) is 0 Å². The van der Waals surface area contributed by atoms with Crippen LogP contribution in [0.5, 0.6) is 0 Å². The summed E-state index contributed by atoms with van der Waals surface area (Å²) in [6.07, 6.45) is 5.07. The molecule has 20 heavy (non-hydrogen) atoms.